The first-order valence-electron chi connectivity index (χ1n) is 9.72. The molecule has 0 spiro atoms. The number of ether oxygens (including phenoxy) is 1. The molecular formula is C21H25N5O3S. The molecule has 0 bridgehead atoms. The van der Waals surface area contributed by atoms with Crippen LogP contribution < -0.4 is 10.5 Å². The van der Waals surface area contributed by atoms with Gasteiger partial charge >= 0.3 is 0 Å². The van der Waals surface area contributed by atoms with Crippen molar-refractivity contribution in [1.82, 2.24) is 19.5 Å². The number of rotatable bonds is 5. The highest BCUT2D eigenvalue weighted by atomic mass is 32.2. The molecule has 3 N–H and O–H groups in total. The van der Waals surface area contributed by atoms with Gasteiger partial charge in [-0.25, -0.2) is 13.4 Å². The molecule has 1 atom stereocenters. The van der Waals surface area contributed by atoms with Crippen LogP contribution >= 0.6 is 0 Å². The van der Waals surface area contributed by atoms with Crippen LogP contribution in [0.1, 0.15) is 29.2 Å². The van der Waals surface area contributed by atoms with Gasteiger partial charge in [0.25, 0.3) is 0 Å². The Morgan fingerprint density at radius 1 is 1.23 bits per heavy atom. The van der Waals surface area contributed by atoms with Crippen LogP contribution in [-0.4, -0.2) is 48.1 Å². The molecule has 1 fully saturated rings. The minimum absolute atomic E-state index is 0.0197. The number of aromatic nitrogens is 3. The number of nitrogen functional groups attached to an aromatic ring is 1. The quantitative estimate of drug-likeness (QED) is 0.647. The van der Waals surface area contributed by atoms with E-state index in [9.17, 15) is 8.42 Å². The fraction of sp³-hybridized carbons (Fsp3) is 0.333. The summed E-state index contributed by atoms with van der Waals surface area (Å²) in [6, 6.07) is 7.13. The lowest BCUT2D eigenvalue weighted by Gasteiger charge is -2.19. The highest BCUT2D eigenvalue weighted by Gasteiger charge is 2.36. The van der Waals surface area contributed by atoms with Crippen molar-refractivity contribution in [1.29, 1.82) is 0 Å². The van der Waals surface area contributed by atoms with Crippen LogP contribution in [0.15, 0.2) is 41.6 Å². The van der Waals surface area contributed by atoms with Gasteiger partial charge in [0.2, 0.25) is 10.0 Å². The number of H-pyrrole nitrogens is 1. The van der Waals surface area contributed by atoms with Gasteiger partial charge < -0.3 is 10.5 Å². The van der Waals surface area contributed by atoms with Gasteiger partial charge in [0, 0.05) is 36.5 Å². The summed E-state index contributed by atoms with van der Waals surface area (Å²) in [4.78, 5) is 4.36. The van der Waals surface area contributed by atoms with E-state index < -0.39 is 10.0 Å². The summed E-state index contributed by atoms with van der Waals surface area (Å²) in [5.41, 5.74) is 10.0. The Labute approximate surface area is 176 Å². The van der Waals surface area contributed by atoms with Crippen molar-refractivity contribution < 1.29 is 13.2 Å². The topological polar surface area (TPSA) is 114 Å². The maximum atomic E-state index is 13.4. The zero-order valence-corrected chi connectivity index (χ0v) is 18.0. The van der Waals surface area contributed by atoms with E-state index in [1.807, 2.05) is 13.0 Å². The van der Waals surface area contributed by atoms with Crippen molar-refractivity contribution in [2.45, 2.75) is 31.1 Å². The zero-order valence-electron chi connectivity index (χ0n) is 17.2. The predicted molar refractivity (Wildman–Crippen MR) is 115 cm³/mol. The molecule has 0 radical (unpaired) electrons. The summed E-state index contributed by atoms with van der Waals surface area (Å²) in [6.07, 6.45) is 4.11. The standard InChI is InChI=1S/C21H25N5O3S/c1-13-9-19(14(2)8-18(13)29-3)30(27,28)26-7-5-16(12-26)21-17(11-24-25-21)15-4-6-23-20(22)10-15/h4,6,8-11,16H,5,7,12H2,1-3H3,(H2,22,23)(H,24,25)/t16-/m0/s1. The highest BCUT2D eigenvalue weighted by Crippen LogP contribution is 2.36. The van der Waals surface area contributed by atoms with Crippen LogP contribution in [0.5, 0.6) is 5.75 Å². The van der Waals surface area contributed by atoms with Crippen LogP contribution in [0.4, 0.5) is 5.82 Å². The van der Waals surface area contributed by atoms with Gasteiger partial charge in [-0.1, -0.05) is 0 Å². The number of hydrogen-bond acceptors (Lipinski definition) is 6. The second-order valence-electron chi connectivity index (χ2n) is 7.60. The molecule has 1 aromatic carbocycles. The van der Waals surface area contributed by atoms with Gasteiger partial charge in [-0.05, 0) is 61.2 Å². The number of nitrogens with two attached hydrogens (primary N) is 1. The molecule has 1 aliphatic heterocycles. The molecule has 0 aliphatic carbocycles. The van der Waals surface area contributed by atoms with E-state index in [2.05, 4.69) is 15.2 Å². The molecule has 30 heavy (non-hydrogen) atoms. The number of nitrogens with zero attached hydrogens (tertiary/aromatic N) is 3. The van der Waals surface area contributed by atoms with Crippen molar-refractivity contribution in [3.63, 3.8) is 0 Å². The molecule has 1 saturated heterocycles. The molecule has 2 aromatic heterocycles. The SMILES string of the molecule is COc1cc(C)c(S(=O)(=O)N2CC[C@H](c3[nH]ncc3-c3ccnc(N)c3)C2)cc1C. The lowest BCUT2D eigenvalue weighted by Crippen LogP contribution is -2.29. The fourth-order valence-corrected chi connectivity index (χ4v) is 5.83. The second-order valence-corrected chi connectivity index (χ2v) is 9.51. The first-order chi connectivity index (χ1) is 14.3. The predicted octanol–water partition coefficient (Wildman–Crippen LogP) is 2.86. The number of pyridine rings is 1. The van der Waals surface area contributed by atoms with E-state index >= 15 is 0 Å². The zero-order chi connectivity index (χ0) is 21.5. The van der Waals surface area contributed by atoms with Crippen LogP contribution in [0, 0.1) is 13.8 Å². The van der Waals surface area contributed by atoms with E-state index in [4.69, 9.17) is 10.5 Å². The third-order valence-electron chi connectivity index (χ3n) is 5.63. The summed E-state index contributed by atoms with van der Waals surface area (Å²) in [6.45, 7) is 4.49. The van der Waals surface area contributed by atoms with Gasteiger partial charge in [0.1, 0.15) is 11.6 Å². The summed E-state index contributed by atoms with van der Waals surface area (Å²) >= 11 is 0. The molecule has 3 aromatic rings. The number of anilines is 1. The van der Waals surface area contributed by atoms with Gasteiger partial charge in [0.05, 0.1) is 18.2 Å². The molecule has 0 saturated carbocycles. The second kappa shape index (κ2) is 7.73. The molecule has 1 aliphatic rings. The normalized spacial score (nSPS) is 17.4. The molecule has 0 amide bonds. The van der Waals surface area contributed by atoms with E-state index in [1.165, 1.54) is 0 Å². The summed E-state index contributed by atoms with van der Waals surface area (Å²) < 4.78 is 33.6. The third-order valence-corrected chi connectivity index (χ3v) is 7.64. The van der Waals surface area contributed by atoms with Crippen molar-refractivity contribution in [3.05, 3.63) is 53.5 Å². The van der Waals surface area contributed by atoms with E-state index in [0.717, 1.165) is 22.4 Å². The summed E-state index contributed by atoms with van der Waals surface area (Å²) in [7, 11) is -2.03. The Balaban J connectivity index is 1.62. The number of sulfonamides is 1. The average molecular weight is 428 g/mol. The number of aryl methyl sites for hydroxylation is 2. The molecule has 0 unspecified atom stereocenters. The van der Waals surface area contributed by atoms with Crippen molar-refractivity contribution in [2.24, 2.45) is 0 Å². The van der Waals surface area contributed by atoms with E-state index in [0.29, 0.717) is 41.5 Å². The largest absolute Gasteiger partial charge is 0.496 e. The Morgan fingerprint density at radius 2 is 2.03 bits per heavy atom. The molecule has 9 heteroatoms. The van der Waals surface area contributed by atoms with Gasteiger partial charge in [0.15, 0.2) is 0 Å². The lowest BCUT2D eigenvalue weighted by atomic mass is 9.97. The van der Waals surface area contributed by atoms with Crippen molar-refractivity contribution in [3.8, 4) is 16.9 Å². The first kappa shape index (κ1) is 20.4. The Kier molecular flexibility index (Phi) is 5.25. The van der Waals surface area contributed by atoms with Crippen LogP contribution in [0.2, 0.25) is 0 Å². The Morgan fingerprint density at radius 3 is 2.77 bits per heavy atom. The van der Waals surface area contributed by atoms with Gasteiger partial charge in [-0.3, -0.25) is 5.10 Å². The van der Waals surface area contributed by atoms with Gasteiger partial charge in [-0.15, -0.1) is 0 Å². The number of benzene rings is 1. The number of aromatic amines is 1. The molecule has 8 nitrogen and oxygen atoms in total. The van der Waals surface area contributed by atoms with Crippen molar-refractivity contribution >= 4 is 15.8 Å². The molecule has 3 heterocycles. The fourth-order valence-electron chi connectivity index (χ4n) is 4.04. The maximum Gasteiger partial charge on any atom is 0.243 e. The van der Waals surface area contributed by atoms with Crippen LogP contribution in [0.25, 0.3) is 11.1 Å². The lowest BCUT2D eigenvalue weighted by molar-refractivity contribution is 0.410. The smallest absolute Gasteiger partial charge is 0.243 e. The number of nitrogens with one attached hydrogen (secondary N) is 1. The summed E-state index contributed by atoms with van der Waals surface area (Å²) in [5, 5.41) is 7.26. The van der Waals surface area contributed by atoms with Crippen LogP contribution in [0.3, 0.4) is 0 Å². The van der Waals surface area contributed by atoms with E-state index in [1.54, 1.807) is 48.9 Å². The highest BCUT2D eigenvalue weighted by molar-refractivity contribution is 7.89. The van der Waals surface area contributed by atoms with E-state index in [-0.39, 0.29) is 5.92 Å². The number of methoxy groups -OCH3 is 1. The Bertz CT molecular complexity index is 1190. The Hall–Kier alpha value is -2.91. The first-order valence-corrected chi connectivity index (χ1v) is 11.2. The minimum atomic E-state index is -3.61. The molecule has 158 valence electrons. The summed E-state index contributed by atoms with van der Waals surface area (Å²) in [5.74, 6) is 1.14. The number of hydrogen-bond donors (Lipinski definition) is 2. The maximum absolute atomic E-state index is 13.4. The van der Waals surface area contributed by atoms with Crippen molar-refractivity contribution in [2.75, 3.05) is 25.9 Å². The molecule has 4 rings (SSSR count). The minimum Gasteiger partial charge on any atom is -0.496 e. The van der Waals surface area contributed by atoms with Crippen LogP contribution in [-0.2, 0) is 10.0 Å². The average Bonchev–Trinajstić information content (AvgIpc) is 3.38. The molecular weight excluding hydrogens is 402 g/mol. The van der Waals surface area contributed by atoms with Gasteiger partial charge in [-0.2, -0.15) is 9.40 Å². The third kappa shape index (κ3) is 3.54. The monoisotopic (exact) mass is 427 g/mol.